The minimum absolute atomic E-state index is 0.136. The molecule has 2 aromatic heterocycles. The third kappa shape index (κ3) is 4.64. The normalized spacial score (nSPS) is 9.10. The molecule has 0 bridgehead atoms. The molecule has 0 fully saturated rings. The standard InChI is InChI=1S/C15H11N3O2S/c16-11-12-5-7-17-14(10-12)20-8-2-1-6-18-15(19)13-4-3-9-21-13/h3-5,7,9-10H,6,8H2,(H,18,19). The van der Waals surface area contributed by atoms with Gasteiger partial charge in [-0.05, 0) is 17.5 Å². The fourth-order valence-corrected chi connectivity index (χ4v) is 2.04. The van der Waals surface area contributed by atoms with Gasteiger partial charge in [-0.15, -0.1) is 11.3 Å². The Kier molecular flexibility index (Phi) is 5.33. The molecule has 0 saturated carbocycles. The van der Waals surface area contributed by atoms with E-state index in [1.807, 2.05) is 17.5 Å². The van der Waals surface area contributed by atoms with Crippen molar-refractivity contribution in [2.24, 2.45) is 0 Å². The van der Waals surface area contributed by atoms with Gasteiger partial charge in [0.2, 0.25) is 5.88 Å². The Morgan fingerprint density at radius 1 is 1.43 bits per heavy atom. The van der Waals surface area contributed by atoms with Gasteiger partial charge in [0.05, 0.1) is 23.1 Å². The molecule has 0 atom stereocenters. The Morgan fingerprint density at radius 3 is 3.10 bits per heavy atom. The number of aromatic nitrogens is 1. The van der Waals surface area contributed by atoms with E-state index in [0.717, 1.165) is 0 Å². The van der Waals surface area contributed by atoms with Crippen molar-refractivity contribution in [1.82, 2.24) is 10.3 Å². The molecule has 0 aliphatic rings. The highest BCUT2D eigenvalue weighted by Gasteiger charge is 2.03. The summed E-state index contributed by atoms with van der Waals surface area (Å²) in [4.78, 5) is 16.2. The predicted octanol–water partition coefficient (Wildman–Crippen LogP) is 1.83. The van der Waals surface area contributed by atoms with E-state index in [0.29, 0.717) is 16.3 Å². The van der Waals surface area contributed by atoms with Gasteiger partial charge in [0.15, 0.2) is 6.61 Å². The highest BCUT2D eigenvalue weighted by atomic mass is 32.1. The molecule has 1 amide bonds. The first-order valence-electron chi connectivity index (χ1n) is 6.06. The van der Waals surface area contributed by atoms with Gasteiger partial charge in [0.1, 0.15) is 0 Å². The second-order valence-electron chi connectivity index (χ2n) is 3.80. The molecule has 0 unspecified atom stereocenters. The third-order valence-corrected chi connectivity index (χ3v) is 3.23. The van der Waals surface area contributed by atoms with Crippen LogP contribution in [0.2, 0.25) is 0 Å². The number of nitriles is 1. The molecule has 2 rings (SSSR count). The third-order valence-electron chi connectivity index (χ3n) is 2.36. The van der Waals surface area contributed by atoms with Crippen molar-refractivity contribution in [3.8, 4) is 23.8 Å². The largest absolute Gasteiger partial charge is 0.464 e. The number of carbonyl (C=O) groups is 1. The molecule has 0 aliphatic carbocycles. The predicted molar refractivity (Wildman–Crippen MR) is 78.9 cm³/mol. The van der Waals surface area contributed by atoms with Gasteiger partial charge in [-0.2, -0.15) is 5.26 Å². The van der Waals surface area contributed by atoms with Crippen LogP contribution in [0.5, 0.6) is 5.88 Å². The first-order valence-corrected chi connectivity index (χ1v) is 6.94. The molecule has 2 heterocycles. The van der Waals surface area contributed by atoms with Gasteiger partial charge in [0, 0.05) is 12.3 Å². The van der Waals surface area contributed by atoms with Crippen LogP contribution in [-0.4, -0.2) is 24.0 Å². The van der Waals surface area contributed by atoms with E-state index in [9.17, 15) is 4.79 Å². The lowest BCUT2D eigenvalue weighted by atomic mass is 10.3. The van der Waals surface area contributed by atoms with Crippen LogP contribution in [0.15, 0.2) is 35.8 Å². The summed E-state index contributed by atoms with van der Waals surface area (Å²) >= 11 is 1.38. The summed E-state index contributed by atoms with van der Waals surface area (Å²) in [7, 11) is 0. The monoisotopic (exact) mass is 297 g/mol. The number of rotatable bonds is 4. The number of carbonyl (C=O) groups excluding carboxylic acids is 1. The topological polar surface area (TPSA) is 75.0 Å². The van der Waals surface area contributed by atoms with Crippen molar-refractivity contribution in [3.05, 3.63) is 46.3 Å². The number of pyridine rings is 1. The lowest BCUT2D eigenvalue weighted by Gasteiger charge is -2.00. The fourth-order valence-electron chi connectivity index (χ4n) is 1.40. The van der Waals surface area contributed by atoms with E-state index in [1.54, 1.807) is 18.2 Å². The molecule has 1 N–H and O–H groups in total. The van der Waals surface area contributed by atoms with Crippen LogP contribution in [0.25, 0.3) is 0 Å². The van der Waals surface area contributed by atoms with Gasteiger partial charge in [-0.25, -0.2) is 4.98 Å². The lowest BCUT2D eigenvalue weighted by Crippen LogP contribution is -2.22. The van der Waals surface area contributed by atoms with E-state index in [-0.39, 0.29) is 19.1 Å². The second-order valence-corrected chi connectivity index (χ2v) is 4.74. The number of nitrogens with one attached hydrogen (secondary N) is 1. The maximum atomic E-state index is 11.6. The van der Waals surface area contributed by atoms with Crippen molar-refractivity contribution >= 4 is 17.2 Å². The van der Waals surface area contributed by atoms with Crippen LogP contribution in [0.4, 0.5) is 0 Å². The van der Waals surface area contributed by atoms with Gasteiger partial charge in [-0.1, -0.05) is 17.9 Å². The lowest BCUT2D eigenvalue weighted by molar-refractivity contribution is 0.0962. The summed E-state index contributed by atoms with van der Waals surface area (Å²) in [6.45, 7) is 0.405. The molecule has 21 heavy (non-hydrogen) atoms. The Hall–Kier alpha value is -2.83. The zero-order valence-corrected chi connectivity index (χ0v) is 11.8. The van der Waals surface area contributed by atoms with E-state index in [1.165, 1.54) is 17.5 Å². The summed E-state index contributed by atoms with van der Waals surface area (Å²) in [6.07, 6.45) is 1.50. The smallest absolute Gasteiger partial charge is 0.262 e. The van der Waals surface area contributed by atoms with E-state index in [4.69, 9.17) is 10.00 Å². The quantitative estimate of drug-likeness (QED) is 0.874. The maximum Gasteiger partial charge on any atom is 0.262 e. The van der Waals surface area contributed by atoms with Crippen LogP contribution in [-0.2, 0) is 0 Å². The van der Waals surface area contributed by atoms with E-state index < -0.39 is 0 Å². The average molecular weight is 297 g/mol. The average Bonchev–Trinajstić information content (AvgIpc) is 3.05. The first-order chi connectivity index (χ1) is 10.3. The van der Waals surface area contributed by atoms with E-state index in [2.05, 4.69) is 22.1 Å². The molecule has 0 aromatic carbocycles. The Labute approximate surface area is 126 Å². The van der Waals surface area contributed by atoms with Crippen LogP contribution < -0.4 is 10.1 Å². The summed E-state index contributed by atoms with van der Waals surface area (Å²) in [5.41, 5.74) is 0.483. The van der Waals surface area contributed by atoms with Crippen molar-refractivity contribution in [3.63, 3.8) is 0 Å². The van der Waals surface area contributed by atoms with Gasteiger partial charge >= 0.3 is 0 Å². The van der Waals surface area contributed by atoms with Crippen LogP contribution in [0.3, 0.4) is 0 Å². The summed E-state index contributed by atoms with van der Waals surface area (Å²) < 4.78 is 5.28. The fraction of sp³-hybridized carbons (Fsp3) is 0.133. The number of nitrogens with zero attached hydrogens (tertiary/aromatic N) is 2. The minimum atomic E-state index is -0.136. The zero-order valence-electron chi connectivity index (χ0n) is 11.0. The number of hydrogen-bond acceptors (Lipinski definition) is 5. The number of thiophene rings is 1. The minimum Gasteiger partial charge on any atom is -0.464 e. The van der Waals surface area contributed by atoms with Crippen LogP contribution in [0, 0.1) is 23.2 Å². The molecular weight excluding hydrogens is 286 g/mol. The molecule has 5 nitrogen and oxygen atoms in total. The van der Waals surface area contributed by atoms with E-state index >= 15 is 0 Å². The maximum absolute atomic E-state index is 11.6. The van der Waals surface area contributed by atoms with Gasteiger partial charge < -0.3 is 10.1 Å². The highest BCUT2D eigenvalue weighted by molar-refractivity contribution is 7.12. The number of hydrogen-bond donors (Lipinski definition) is 1. The van der Waals surface area contributed by atoms with Gasteiger partial charge in [0.25, 0.3) is 5.91 Å². The highest BCUT2D eigenvalue weighted by Crippen LogP contribution is 2.08. The van der Waals surface area contributed by atoms with Crippen molar-refractivity contribution in [2.75, 3.05) is 13.2 Å². The SMILES string of the molecule is N#Cc1ccnc(OCC#CCNC(=O)c2cccs2)c1. The zero-order chi connectivity index (χ0) is 14.9. The number of amides is 1. The van der Waals surface area contributed by atoms with Crippen LogP contribution in [0.1, 0.15) is 15.2 Å². The molecule has 0 radical (unpaired) electrons. The molecule has 0 spiro atoms. The van der Waals surface area contributed by atoms with Crippen molar-refractivity contribution in [1.29, 1.82) is 5.26 Å². The molecule has 6 heteroatoms. The van der Waals surface area contributed by atoms with Crippen LogP contribution >= 0.6 is 11.3 Å². The Morgan fingerprint density at radius 2 is 2.33 bits per heavy atom. The molecule has 0 saturated heterocycles. The summed E-state index contributed by atoms with van der Waals surface area (Å²) in [5, 5.41) is 13.3. The van der Waals surface area contributed by atoms with Crippen molar-refractivity contribution in [2.45, 2.75) is 0 Å². The Balaban J connectivity index is 1.72. The van der Waals surface area contributed by atoms with Crippen molar-refractivity contribution < 1.29 is 9.53 Å². The first kappa shape index (κ1) is 14.6. The molecule has 104 valence electrons. The van der Waals surface area contributed by atoms with Gasteiger partial charge in [-0.3, -0.25) is 4.79 Å². The molecule has 2 aromatic rings. The molecule has 0 aliphatic heterocycles. The summed E-state index contributed by atoms with van der Waals surface area (Å²) in [6, 6.07) is 8.71. The number of ether oxygens (including phenoxy) is 1. The Bertz CT molecular complexity index is 709. The molecular formula is C15H11N3O2S. The second kappa shape index (κ2) is 7.68. The summed E-state index contributed by atoms with van der Waals surface area (Å²) in [5.74, 6) is 5.76.